The number of nitroso groups, excluding NO2 is 1. The minimum Gasteiger partial charge on any atom is -0.478 e. The zero-order valence-corrected chi connectivity index (χ0v) is 78.1. The van der Waals surface area contributed by atoms with Gasteiger partial charge in [0.25, 0.3) is 22.2 Å². The van der Waals surface area contributed by atoms with Gasteiger partial charge in [0.2, 0.25) is 5.91 Å². The second kappa shape index (κ2) is 46.0. The number of aromatic nitrogens is 8. The van der Waals surface area contributed by atoms with Gasteiger partial charge in [0.05, 0.1) is 55.0 Å². The summed E-state index contributed by atoms with van der Waals surface area (Å²) >= 11 is 0. The number of ether oxygens (including phenoxy) is 1. The van der Waals surface area contributed by atoms with E-state index in [9.17, 15) is 38.7 Å². The van der Waals surface area contributed by atoms with E-state index < -0.39 is 11.9 Å². The van der Waals surface area contributed by atoms with Crippen LogP contribution in [0.2, 0.25) is 0 Å². The van der Waals surface area contributed by atoms with Gasteiger partial charge in [-0.1, -0.05) is 176 Å². The molecule has 8 aliphatic carbocycles. The lowest BCUT2D eigenvalue weighted by Crippen LogP contribution is -2.35. The van der Waals surface area contributed by atoms with Crippen molar-refractivity contribution >= 4 is 17.8 Å². The molecule has 0 radical (unpaired) electrons. The summed E-state index contributed by atoms with van der Waals surface area (Å²) in [5, 5.41) is 14.1. The highest BCUT2D eigenvalue weighted by atomic mass is 16.7. The number of fused-ring (bicyclic) bond motifs is 20. The number of aryl methyl sites for hydroxylation is 1. The maximum atomic E-state index is 13.3. The summed E-state index contributed by atoms with van der Waals surface area (Å²) in [4.78, 5) is 111. The molecular weight excluding hydrogens is 1670 g/mol. The Hall–Kier alpha value is -15.7. The molecule has 26 heteroatoms. The van der Waals surface area contributed by atoms with E-state index in [0.29, 0.717) is 53.5 Å². The average Bonchev–Trinajstić information content (AvgIpc) is 1.50. The number of benzene rings is 3. The van der Waals surface area contributed by atoms with Gasteiger partial charge in [-0.3, -0.25) is 53.6 Å². The number of hydrogen-bond donors (Lipinski definition) is 5. The number of esters is 1. The second-order valence-electron chi connectivity index (χ2n) is 35.1. The van der Waals surface area contributed by atoms with Gasteiger partial charge in [-0.15, -0.1) is 10.4 Å². The van der Waals surface area contributed by atoms with Crippen molar-refractivity contribution in [2.75, 3.05) is 7.11 Å². The van der Waals surface area contributed by atoms with Gasteiger partial charge in [-0.25, -0.2) is 23.6 Å². The number of hydrogen-bond acceptors (Lipinski definition) is 13. The zero-order chi connectivity index (χ0) is 97.4. The molecule has 8 aliphatic rings. The highest BCUT2D eigenvalue weighted by Crippen LogP contribution is 2.70. The maximum absolute atomic E-state index is 13.3. The third kappa shape index (κ3) is 20.9. The number of nitrogens with one attached hydrogen (secondary N) is 2. The number of carbonyl (C=O) groups is 3. The fourth-order valence-electron chi connectivity index (χ4n) is 20.8. The Balaban J connectivity index is -0.000000187. The highest BCUT2D eigenvalue weighted by molar-refractivity contribution is 5.94. The highest BCUT2D eigenvalue weighted by Gasteiger charge is 2.66. The number of nitrogens with zero attached hydrogens (tertiary/aromatic N) is 10. The summed E-state index contributed by atoms with van der Waals surface area (Å²) in [6.07, 6.45) is 8.93. The molecule has 4 fully saturated rings. The Morgan fingerprint density at radius 1 is 0.451 bits per heavy atom. The molecule has 714 valence electrons. The Bertz CT molecular complexity index is 6770. The number of carbonyl (C=O) groups excluding carboxylic acids is 2. The van der Waals surface area contributed by atoms with E-state index in [-0.39, 0.29) is 118 Å². The number of H-pyrrole nitrogens is 1. The largest absolute Gasteiger partial charge is 0.478 e. The number of primary amides is 1. The number of methoxy groups -OCH3 is 1. The molecule has 0 saturated heterocycles. The van der Waals surface area contributed by atoms with Crippen molar-refractivity contribution in [3.8, 4) is 166 Å². The van der Waals surface area contributed by atoms with Crippen LogP contribution in [0, 0.1) is 208 Å². The Morgan fingerprint density at radius 2 is 0.677 bits per heavy atom. The molecule has 8 atom stereocenters. The lowest BCUT2D eigenvalue weighted by molar-refractivity contribution is 0.0598. The SMILES string of the molecule is C.C.CC#CC#CC#CC#CC#CC.CC#CC#CC#CC#CC#CC#CC#CC#CC#CC.COC(=O)c1ccccc1Cn1c(=O)c2c(n1C)[C@]1(C)CC[C@H]2C1(C)C.Cn1[nH]c(=O)c2c1[C@]1(C)CC[C@H]2C1(C)C.Cn1c2c(c(=O)n1Cc1ccccc1C(=O)O)[C@H]1CC[C@]2(C)C1(C)C.Cn1c2c(c(=O)n1Cc1ccccc1C(N)=O)[C@H]1CC[C@]2(C)C1(C)C.NN=O.O=O.[HH].[HH].[HH].[HH].[HH].[HH].[HH].[HH].[HH].[HH].[HH].[HH].[HH].[HH].[N-]=[N+]=N. The quantitative estimate of drug-likeness (QED) is 0.0131. The van der Waals surface area contributed by atoms with Crippen molar-refractivity contribution in [3.63, 3.8) is 0 Å². The van der Waals surface area contributed by atoms with Crippen molar-refractivity contribution in [1.29, 1.82) is 5.53 Å². The van der Waals surface area contributed by atoms with E-state index in [2.05, 4.69) is 260 Å². The molecule has 4 heterocycles. The summed E-state index contributed by atoms with van der Waals surface area (Å²) in [5.74, 6) is 74.7. The van der Waals surface area contributed by atoms with Crippen LogP contribution in [0.5, 0.6) is 0 Å². The molecule has 0 aliphatic heterocycles. The maximum Gasteiger partial charge on any atom is 0.338 e. The monoisotopic (exact) mass is 1820 g/mol. The second-order valence-corrected chi connectivity index (χ2v) is 35.1. The van der Waals surface area contributed by atoms with Crippen molar-refractivity contribution in [2.24, 2.45) is 66.7 Å². The topological polar surface area (TPSA) is 375 Å². The van der Waals surface area contributed by atoms with E-state index in [4.69, 9.17) is 36.4 Å². The third-order valence-electron chi connectivity index (χ3n) is 28.5. The number of carboxylic acids is 1. The number of rotatable bonds is 9. The van der Waals surface area contributed by atoms with Crippen LogP contribution in [0.1, 0.15) is 313 Å². The third-order valence-corrected chi connectivity index (χ3v) is 28.5. The van der Waals surface area contributed by atoms with E-state index in [0.717, 1.165) is 77.6 Å². The molecular formula is C107H144N14O12. The van der Waals surface area contributed by atoms with Crippen LogP contribution in [0.15, 0.2) is 97.3 Å². The smallest absolute Gasteiger partial charge is 0.338 e. The average molecular weight is 1820 g/mol. The van der Waals surface area contributed by atoms with Gasteiger partial charge in [0.15, 0.2) is 0 Å². The lowest BCUT2D eigenvalue weighted by Gasteiger charge is -2.36. The lowest BCUT2D eigenvalue weighted by atomic mass is 9.70. The molecule has 3 aromatic carbocycles. The Morgan fingerprint density at radius 3 is 0.917 bits per heavy atom. The molecule has 4 aromatic heterocycles. The first kappa shape index (κ1) is 108. The zero-order valence-electron chi connectivity index (χ0n) is 78.1. The van der Waals surface area contributed by atoms with E-state index in [1.165, 1.54) is 37.0 Å². The number of aromatic amines is 1. The van der Waals surface area contributed by atoms with Gasteiger partial charge >= 0.3 is 11.9 Å². The summed E-state index contributed by atoms with van der Waals surface area (Å²) in [6, 6.07) is 21.5. The van der Waals surface area contributed by atoms with Crippen LogP contribution in [-0.2, 0) is 74.2 Å². The van der Waals surface area contributed by atoms with Crippen LogP contribution in [0.4, 0.5) is 0 Å². The standard InChI is InChI=1S/C21H26N2O3.C20H25N3O2.C20H24N2O3.C20H6.C12H18N2O.C12H6.2CH4.HN3.H2N2O.O2.14H2/c1-20(2)15-10-11-21(20,3)17-16(15)18(24)23(22(17)4)12-13-8-6-7-9-14(13)19(25)26-5;1-19(2)14-9-10-20(19,3)16-15(14)18(25)23(22(16)4)11-12-7-5-6-8-13(12)17(21)24;1-19(2)14-9-10-20(19,3)16-15(14)17(23)22(21(16)4)11-12-7-5-6-8-13(12)18(24)25;1-3-5-7-9-11-13-15-17-19-20-18-16-14-12-10-8-6-4-2;1-11(2)7-5-6-12(11,3)9-8(7)10(15)13-14(9)4;1-3-5-7-9-11-12-10-8-6-4-2;;;1-3-2;1-2-3;1-2;;;;;;;;;;;;;;/h6-9,15H,10-12H2,1-5H3;5-8,14H,9-11H2,1-4H3,(H2,21,24);5-8,14H,9-11H2,1-4H3,(H,24,25);1-2H3;7H,5-6H2,1-4H3,(H,13,15);1-2H3;2*1H4;1H;(H2,1,3);;14*1H/t15-,21+;2*14-,20+;;7-,12+;;;;;;;;;;;;;;;;;;;;/m111.1..................../s1. The minimum atomic E-state index is -0.960. The molecule has 8 bridgehead atoms. The first-order valence-corrected chi connectivity index (χ1v) is 42.1. The minimum absolute atomic E-state index is 0. The number of aromatic carboxylic acids is 1. The van der Waals surface area contributed by atoms with Crippen LogP contribution in [0.25, 0.3) is 10.4 Å². The molecule has 0 spiro atoms. The number of carboxylic acid groups (broad SMARTS) is 1. The van der Waals surface area contributed by atoms with Crippen molar-refractivity contribution in [3.05, 3.63) is 218 Å². The molecule has 4 saturated carbocycles. The predicted octanol–water partition coefficient (Wildman–Crippen LogP) is 18.1. The molecule has 7 N–H and O–H groups in total. The fourth-order valence-corrected chi connectivity index (χ4v) is 20.8. The molecule has 133 heavy (non-hydrogen) atoms. The molecule has 15 rings (SSSR count). The van der Waals surface area contributed by atoms with Gasteiger partial charge in [0, 0.05) is 119 Å². The van der Waals surface area contributed by atoms with Crippen molar-refractivity contribution in [2.45, 2.75) is 242 Å². The first-order valence-electron chi connectivity index (χ1n) is 42.1. The van der Waals surface area contributed by atoms with E-state index in [1.54, 1.807) is 88.3 Å². The van der Waals surface area contributed by atoms with Crippen LogP contribution >= 0.6 is 0 Å². The number of nitrogens with two attached hydrogens (primary N) is 2. The van der Waals surface area contributed by atoms with Gasteiger partial charge in [0.1, 0.15) is 0 Å². The first-order chi connectivity index (χ1) is 62.2. The normalized spacial score (nSPS) is 19.9. The van der Waals surface area contributed by atoms with E-state index >= 15 is 0 Å². The predicted molar refractivity (Wildman–Crippen MR) is 552 cm³/mol. The Kier molecular flexibility index (Phi) is 37.3. The van der Waals surface area contributed by atoms with Crippen molar-refractivity contribution in [1.82, 2.24) is 37.9 Å². The van der Waals surface area contributed by atoms with Crippen LogP contribution in [0.3, 0.4) is 0 Å². The Labute approximate surface area is 801 Å². The molecule has 7 aromatic rings. The fraction of sp³-hybridized carbons (Fsp3) is 0.430. The summed E-state index contributed by atoms with van der Waals surface area (Å²) in [6.45, 7) is 35.4. The van der Waals surface area contributed by atoms with Crippen LogP contribution in [-0.4, -0.2) is 67.9 Å². The molecule has 0 unspecified atom stereocenters. The summed E-state index contributed by atoms with van der Waals surface area (Å²) < 4.78 is 18.1. The van der Waals surface area contributed by atoms with Gasteiger partial charge in [-0.2, -0.15) is 0 Å². The van der Waals surface area contributed by atoms with Crippen molar-refractivity contribution < 1.29 is 44.2 Å². The summed E-state index contributed by atoms with van der Waals surface area (Å²) in [7, 11) is 9.22. The van der Waals surface area contributed by atoms with Gasteiger partial charge < -0.3 is 15.6 Å². The summed E-state index contributed by atoms with van der Waals surface area (Å²) in [5.41, 5.74) is 31.1. The van der Waals surface area contributed by atoms with Gasteiger partial charge in [-0.05, 0) is 312 Å². The van der Waals surface area contributed by atoms with E-state index in [1.807, 2.05) is 83.3 Å². The molecule has 1 amide bonds. The molecule has 26 nitrogen and oxygen atoms in total. The van der Waals surface area contributed by atoms with Crippen LogP contribution < -0.4 is 33.8 Å². The number of amides is 1.